The first-order valence-corrected chi connectivity index (χ1v) is 7.44. The van der Waals surface area contributed by atoms with E-state index < -0.39 is 0 Å². The van der Waals surface area contributed by atoms with Crippen LogP contribution in [-0.4, -0.2) is 12.6 Å². The lowest BCUT2D eigenvalue weighted by Gasteiger charge is -2.33. The Morgan fingerprint density at radius 3 is 2.59 bits per heavy atom. The molecule has 17 heavy (non-hydrogen) atoms. The van der Waals surface area contributed by atoms with Crippen LogP contribution in [-0.2, 0) is 0 Å². The fourth-order valence-electron chi connectivity index (χ4n) is 2.95. The van der Waals surface area contributed by atoms with Gasteiger partial charge in [-0.25, -0.2) is 0 Å². The predicted molar refractivity (Wildman–Crippen MR) is 75.9 cm³/mol. The number of rotatable bonds is 7. The Hall–Kier alpha value is -0.480. The van der Waals surface area contributed by atoms with Crippen LogP contribution in [0.2, 0.25) is 0 Å². The molecule has 0 bridgehead atoms. The number of unbranched alkanes of at least 4 members (excludes halogenated alkanes) is 1. The molecule has 0 aromatic heterocycles. The molecule has 1 nitrogen and oxygen atoms in total. The van der Waals surface area contributed by atoms with Crippen molar-refractivity contribution in [2.24, 2.45) is 11.8 Å². The zero-order chi connectivity index (χ0) is 12.5. The predicted octanol–water partition coefficient (Wildman–Crippen LogP) is 3.98. The molecule has 1 heteroatoms. The van der Waals surface area contributed by atoms with E-state index in [0.717, 1.165) is 30.8 Å². The van der Waals surface area contributed by atoms with Crippen molar-refractivity contribution in [1.82, 2.24) is 5.32 Å². The summed E-state index contributed by atoms with van der Waals surface area (Å²) in [5.41, 5.74) is 0. The molecule has 1 aliphatic carbocycles. The summed E-state index contributed by atoms with van der Waals surface area (Å²) in [6, 6.07) is 0.718. The van der Waals surface area contributed by atoms with Crippen LogP contribution >= 0.6 is 0 Å². The molecule has 0 radical (unpaired) electrons. The maximum atomic E-state index is 5.34. The molecule has 1 fully saturated rings. The molecule has 1 aliphatic rings. The summed E-state index contributed by atoms with van der Waals surface area (Å²) in [6.45, 7) is 5.80. The SMILES string of the molecule is C#CCCCC(NCCC)C1CCC(C)CC1. The summed E-state index contributed by atoms with van der Waals surface area (Å²) in [7, 11) is 0. The fourth-order valence-corrected chi connectivity index (χ4v) is 2.95. The van der Waals surface area contributed by atoms with Crippen molar-refractivity contribution in [2.75, 3.05) is 6.54 Å². The maximum absolute atomic E-state index is 5.34. The van der Waals surface area contributed by atoms with Crippen molar-refractivity contribution >= 4 is 0 Å². The Morgan fingerprint density at radius 2 is 2.00 bits per heavy atom. The third kappa shape index (κ3) is 5.59. The lowest BCUT2D eigenvalue weighted by atomic mass is 9.78. The quantitative estimate of drug-likeness (QED) is 0.520. The first-order chi connectivity index (χ1) is 8.27. The average Bonchev–Trinajstić information content (AvgIpc) is 2.35. The van der Waals surface area contributed by atoms with Crippen LogP contribution in [0.1, 0.15) is 65.2 Å². The second-order valence-electron chi connectivity index (χ2n) is 5.68. The van der Waals surface area contributed by atoms with Gasteiger partial charge in [0.15, 0.2) is 0 Å². The minimum absolute atomic E-state index is 0.718. The molecular formula is C16H29N. The van der Waals surface area contributed by atoms with Crippen molar-refractivity contribution in [3.63, 3.8) is 0 Å². The molecule has 1 saturated carbocycles. The molecule has 0 heterocycles. The molecule has 0 amide bonds. The highest BCUT2D eigenvalue weighted by Gasteiger charge is 2.25. The van der Waals surface area contributed by atoms with Crippen LogP contribution in [0.15, 0.2) is 0 Å². The van der Waals surface area contributed by atoms with Gasteiger partial charge in [-0.2, -0.15) is 0 Å². The minimum Gasteiger partial charge on any atom is -0.314 e. The van der Waals surface area contributed by atoms with Crippen molar-refractivity contribution < 1.29 is 0 Å². The fraction of sp³-hybridized carbons (Fsp3) is 0.875. The van der Waals surface area contributed by atoms with Gasteiger partial charge < -0.3 is 5.32 Å². The van der Waals surface area contributed by atoms with Gasteiger partial charge in [-0.15, -0.1) is 12.3 Å². The molecule has 1 N–H and O–H groups in total. The second-order valence-corrected chi connectivity index (χ2v) is 5.68. The van der Waals surface area contributed by atoms with Gasteiger partial charge in [0.2, 0.25) is 0 Å². The Balaban J connectivity index is 2.35. The minimum atomic E-state index is 0.718. The van der Waals surface area contributed by atoms with E-state index in [4.69, 9.17) is 6.42 Å². The van der Waals surface area contributed by atoms with E-state index in [0.29, 0.717) is 0 Å². The topological polar surface area (TPSA) is 12.0 Å². The summed E-state index contributed by atoms with van der Waals surface area (Å²) >= 11 is 0. The second kappa shape index (κ2) is 8.59. The van der Waals surface area contributed by atoms with Crippen molar-refractivity contribution in [3.05, 3.63) is 0 Å². The van der Waals surface area contributed by atoms with E-state index in [1.807, 2.05) is 0 Å². The van der Waals surface area contributed by atoms with E-state index in [-0.39, 0.29) is 0 Å². The third-order valence-corrected chi connectivity index (χ3v) is 4.12. The first kappa shape index (κ1) is 14.6. The molecular weight excluding hydrogens is 206 g/mol. The number of nitrogens with one attached hydrogen (secondary N) is 1. The normalized spacial score (nSPS) is 26.4. The van der Waals surface area contributed by atoms with Gasteiger partial charge in [-0.1, -0.05) is 26.7 Å². The molecule has 0 aromatic rings. The summed E-state index contributed by atoms with van der Waals surface area (Å²) in [6.07, 6.45) is 15.6. The highest BCUT2D eigenvalue weighted by molar-refractivity contribution is 4.86. The van der Waals surface area contributed by atoms with Crippen LogP contribution < -0.4 is 5.32 Å². The van der Waals surface area contributed by atoms with Crippen LogP contribution in [0.5, 0.6) is 0 Å². The van der Waals surface area contributed by atoms with Gasteiger partial charge >= 0.3 is 0 Å². The smallest absolute Gasteiger partial charge is 0.00956 e. The van der Waals surface area contributed by atoms with E-state index in [1.165, 1.54) is 44.9 Å². The van der Waals surface area contributed by atoms with Gasteiger partial charge in [0.05, 0.1) is 0 Å². The Bertz CT molecular complexity index is 220. The lowest BCUT2D eigenvalue weighted by molar-refractivity contribution is 0.221. The molecule has 1 unspecified atom stereocenters. The third-order valence-electron chi connectivity index (χ3n) is 4.12. The number of hydrogen-bond acceptors (Lipinski definition) is 1. The van der Waals surface area contributed by atoms with E-state index in [9.17, 15) is 0 Å². The van der Waals surface area contributed by atoms with E-state index in [2.05, 4.69) is 25.1 Å². The van der Waals surface area contributed by atoms with Crippen molar-refractivity contribution in [2.45, 2.75) is 71.3 Å². The summed E-state index contributed by atoms with van der Waals surface area (Å²) in [5.74, 6) is 4.61. The van der Waals surface area contributed by atoms with Crippen LogP contribution in [0.4, 0.5) is 0 Å². The standard InChI is InChI=1S/C16H29N/c1-4-6-7-8-16(17-13-5-2)15-11-9-14(3)10-12-15/h1,14-17H,5-13H2,2-3H3. The summed E-state index contributed by atoms with van der Waals surface area (Å²) in [4.78, 5) is 0. The highest BCUT2D eigenvalue weighted by atomic mass is 14.9. The largest absolute Gasteiger partial charge is 0.314 e. The number of hydrogen-bond donors (Lipinski definition) is 1. The molecule has 1 atom stereocenters. The van der Waals surface area contributed by atoms with Crippen molar-refractivity contribution in [3.8, 4) is 12.3 Å². The zero-order valence-corrected chi connectivity index (χ0v) is 11.7. The molecule has 0 aliphatic heterocycles. The maximum Gasteiger partial charge on any atom is 0.00956 e. The van der Waals surface area contributed by atoms with Crippen molar-refractivity contribution in [1.29, 1.82) is 0 Å². The molecule has 0 saturated heterocycles. The van der Waals surface area contributed by atoms with Crippen LogP contribution in [0.3, 0.4) is 0 Å². The molecule has 98 valence electrons. The molecule has 0 spiro atoms. The summed E-state index contributed by atoms with van der Waals surface area (Å²) < 4.78 is 0. The van der Waals surface area contributed by atoms with E-state index >= 15 is 0 Å². The Kier molecular flexibility index (Phi) is 7.37. The van der Waals surface area contributed by atoms with Gasteiger partial charge in [0, 0.05) is 12.5 Å². The van der Waals surface area contributed by atoms with Gasteiger partial charge in [-0.05, 0) is 50.5 Å². The molecule has 0 aromatic carbocycles. The van der Waals surface area contributed by atoms with Gasteiger partial charge in [0.1, 0.15) is 0 Å². The van der Waals surface area contributed by atoms with E-state index in [1.54, 1.807) is 0 Å². The average molecular weight is 235 g/mol. The summed E-state index contributed by atoms with van der Waals surface area (Å²) in [5, 5.41) is 3.74. The van der Waals surface area contributed by atoms with Crippen LogP contribution in [0, 0.1) is 24.2 Å². The van der Waals surface area contributed by atoms with Crippen LogP contribution in [0.25, 0.3) is 0 Å². The first-order valence-electron chi connectivity index (χ1n) is 7.44. The molecule has 1 rings (SSSR count). The number of terminal acetylenes is 1. The Labute approximate surface area is 108 Å². The zero-order valence-electron chi connectivity index (χ0n) is 11.7. The highest BCUT2D eigenvalue weighted by Crippen LogP contribution is 2.31. The monoisotopic (exact) mass is 235 g/mol. The lowest BCUT2D eigenvalue weighted by Crippen LogP contribution is -2.38. The Morgan fingerprint density at radius 1 is 1.29 bits per heavy atom. The van der Waals surface area contributed by atoms with Gasteiger partial charge in [0.25, 0.3) is 0 Å². The van der Waals surface area contributed by atoms with Gasteiger partial charge in [-0.3, -0.25) is 0 Å².